The van der Waals surface area contributed by atoms with E-state index in [9.17, 15) is 8.42 Å². The number of aromatic amines is 1. The average Bonchev–Trinajstić information content (AvgIpc) is 3.40. The molecule has 2 aromatic carbocycles. The van der Waals surface area contributed by atoms with E-state index in [1.165, 1.54) is 20.3 Å². The minimum atomic E-state index is -3.63. The minimum Gasteiger partial charge on any atom is -0.331 e. The molecule has 0 aliphatic heterocycles. The van der Waals surface area contributed by atoms with Gasteiger partial charge in [-0.05, 0) is 36.5 Å². The molecule has 4 aromatic rings. The van der Waals surface area contributed by atoms with Crippen molar-refractivity contribution < 1.29 is 8.42 Å². The number of anilines is 2. The number of benzene rings is 2. The molecule has 0 aliphatic carbocycles. The topological polar surface area (TPSA) is 108 Å². The van der Waals surface area contributed by atoms with Gasteiger partial charge in [-0.15, -0.1) is 0 Å². The molecule has 0 saturated carbocycles. The molecule has 2 heterocycles. The number of nitrogens with zero attached hydrogens (tertiary/aromatic N) is 5. The van der Waals surface area contributed by atoms with Crippen LogP contribution in [0.4, 0.5) is 10.8 Å². The smallest absolute Gasteiger partial charge is 0.243 e. The monoisotopic (exact) mass is 547 g/mol. The molecule has 2 aromatic heterocycles. The Hall–Kier alpha value is -2.90. The van der Waals surface area contributed by atoms with E-state index in [0.29, 0.717) is 39.6 Å². The number of rotatable bonds is 9. The molecule has 0 unspecified atom stereocenters. The Morgan fingerprint density at radius 2 is 1.94 bits per heavy atom. The Balaban J connectivity index is 1.64. The van der Waals surface area contributed by atoms with Crippen molar-refractivity contribution in [1.29, 1.82) is 0 Å². The molecule has 13 heteroatoms. The highest BCUT2D eigenvalue weighted by Gasteiger charge is 2.22. The normalized spacial score (nSPS) is 12.0. The summed E-state index contributed by atoms with van der Waals surface area (Å²) >= 11 is 13.0. The summed E-state index contributed by atoms with van der Waals surface area (Å²) in [7, 11) is -3.63. The van der Waals surface area contributed by atoms with Crippen LogP contribution in [0.2, 0.25) is 5.15 Å². The van der Waals surface area contributed by atoms with Crippen LogP contribution in [0.5, 0.6) is 0 Å². The van der Waals surface area contributed by atoms with Gasteiger partial charge in [-0.1, -0.05) is 67.1 Å². The van der Waals surface area contributed by atoms with E-state index in [2.05, 4.69) is 25.6 Å². The minimum absolute atomic E-state index is 0.172. The van der Waals surface area contributed by atoms with Crippen molar-refractivity contribution in [1.82, 2.24) is 24.2 Å². The Labute approximate surface area is 217 Å². The average molecular weight is 548 g/mol. The zero-order valence-corrected chi connectivity index (χ0v) is 22.0. The van der Waals surface area contributed by atoms with E-state index < -0.39 is 10.0 Å². The van der Waals surface area contributed by atoms with Crippen molar-refractivity contribution in [3.63, 3.8) is 0 Å². The maximum atomic E-state index is 13.0. The molecular weight excluding hydrogens is 526 g/mol. The number of aromatic nitrogens is 4. The van der Waals surface area contributed by atoms with Gasteiger partial charge in [0.1, 0.15) is 0 Å². The Bertz CT molecular complexity index is 1510. The van der Waals surface area contributed by atoms with Crippen LogP contribution in [0.1, 0.15) is 18.7 Å². The van der Waals surface area contributed by atoms with E-state index >= 15 is 0 Å². The Morgan fingerprint density at radius 1 is 1.20 bits per heavy atom. The van der Waals surface area contributed by atoms with Gasteiger partial charge < -0.3 is 5.32 Å². The van der Waals surface area contributed by atoms with Gasteiger partial charge >= 0.3 is 0 Å². The second kappa shape index (κ2) is 10.8. The van der Waals surface area contributed by atoms with Crippen LogP contribution in [0, 0.1) is 4.77 Å². The number of para-hydroxylation sites is 1. The number of halogens is 1. The third-order valence-corrected chi connectivity index (χ3v) is 8.63. The van der Waals surface area contributed by atoms with E-state index in [-0.39, 0.29) is 9.67 Å². The molecule has 0 spiro atoms. The lowest BCUT2D eigenvalue weighted by Crippen LogP contribution is -2.30. The summed E-state index contributed by atoms with van der Waals surface area (Å²) in [5.41, 5.74) is 1.44. The van der Waals surface area contributed by atoms with Gasteiger partial charge in [0.2, 0.25) is 14.8 Å². The third kappa shape index (κ3) is 5.52. The summed E-state index contributed by atoms with van der Waals surface area (Å²) in [5, 5.41) is 15.5. The zero-order valence-electron chi connectivity index (χ0n) is 18.8. The zero-order chi connectivity index (χ0) is 25.0. The van der Waals surface area contributed by atoms with E-state index in [1.54, 1.807) is 44.3 Å². The van der Waals surface area contributed by atoms with Crippen LogP contribution in [0.25, 0.3) is 11.4 Å². The highest BCUT2D eigenvalue weighted by Crippen LogP contribution is 2.28. The molecule has 0 fully saturated rings. The standard InChI is InChI=1S/C22H22ClN7O2S3/c1-3-29(4-2)35(31,32)17-12-8-9-15(13-17)20-27-28-22(33)30(20)24-14-18-19(23)26-21(34-18)25-16-10-6-5-7-11-16/h5-14H,3-4H2,1-2H3,(H,25,26)(H,28,33)/b24-14+. The molecule has 9 nitrogen and oxygen atoms in total. The first-order valence-corrected chi connectivity index (χ1v) is 13.7. The molecule has 2 N–H and O–H groups in total. The lowest BCUT2D eigenvalue weighted by Gasteiger charge is -2.18. The molecular formula is C22H22ClN7O2S3. The molecule has 0 radical (unpaired) electrons. The lowest BCUT2D eigenvalue weighted by atomic mass is 10.2. The van der Waals surface area contributed by atoms with Crippen molar-refractivity contribution >= 4 is 62.2 Å². The summed E-state index contributed by atoms with van der Waals surface area (Å²) in [6, 6.07) is 16.2. The quantitative estimate of drug-likeness (QED) is 0.215. The second-order valence-corrected chi connectivity index (χ2v) is 10.9. The number of H-pyrrole nitrogens is 1. The lowest BCUT2D eigenvalue weighted by molar-refractivity contribution is 0.445. The molecule has 4 rings (SSSR count). The maximum Gasteiger partial charge on any atom is 0.243 e. The van der Waals surface area contributed by atoms with Crippen LogP contribution >= 0.6 is 35.2 Å². The van der Waals surface area contributed by atoms with Crippen molar-refractivity contribution in [3.05, 3.63) is 69.4 Å². The third-order valence-electron chi connectivity index (χ3n) is 5.01. The summed E-state index contributed by atoms with van der Waals surface area (Å²) in [5.74, 6) is 0.367. The van der Waals surface area contributed by atoms with Gasteiger partial charge in [0, 0.05) is 24.3 Å². The van der Waals surface area contributed by atoms with E-state index in [4.69, 9.17) is 23.8 Å². The summed E-state index contributed by atoms with van der Waals surface area (Å²) in [6.45, 7) is 4.36. The summed E-state index contributed by atoms with van der Waals surface area (Å²) in [6.07, 6.45) is 1.54. The molecule has 0 aliphatic rings. The van der Waals surface area contributed by atoms with E-state index in [0.717, 1.165) is 5.69 Å². The number of hydrogen-bond donors (Lipinski definition) is 2. The first kappa shape index (κ1) is 25.2. The summed E-state index contributed by atoms with van der Waals surface area (Å²) in [4.78, 5) is 5.13. The number of hydrogen-bond acceptors (Lipinski definition) is 8. The van der Waals surface area contributed by atoms with E-state index in [1.807, 2.05) is 30.3 Å². The van der Waals surface area contributed by atoms with Crippen LogP contribution in [0.3, 0.4) is 0 Å². The first-order chi connectivity index (χ1) is 16.8. The molecule has 0 saturated heterocycles. The van der Waals surface area contributed by atoms with Gasteiger partial charge in [0.05, 0.1) is 16.0 Å². The Morgan fingerprint density at radius 3 is 2.66 bits per heavy atom. The van der Waals surface area contributed by atoms with Crippen molar-refractivity contribution in [2.75, 3.05) is 18.4 Å². The van der Waals surface area contributed by atoms with Gasteiger partial charge in [0.15, 0.2) is 16.1 Å². The van der Waals surface area contributed by atoms with Gasteiger partial charge in [-0.2, -0.15) is 19.2 Å². The van der Waals surface area contributed by atoms with Crippen molar-refractivity contribution in [2.45, 2.75) is 18.7 Å². The van der Waals surface area contributed by atoms with Crippen molar-refractivity contribution in [2.24, 2.45) is 5.10 Å². The first-order valence-electron chi connectivity index (χ1n) is 10.6. The van der Waals surface area contributed by atoms with Crippen LogP contribution < -0.4 is 5.32 Å². The van der Waals surface area contributed by atoms with Crippen molar-refractivity contribution in [3.8, 4) is 11.4 Å². The SMILES string of the molecule is CCN(CC)S(=O)(=O)c1cccc(-c2n[nH]c(=S)n2/N=C/c2sc(Nc3ccccc3)nc2Cl)c1. The van der Waals surface area contributed by atoms with Crippen LogP contribution in [0.15, 0.2) is 64.6 Å². The molecule has 182 valence electrons. The fourth-order valence-electron chi connectivity index (χ4n) is 3.30. The maximum absolute atomic E-state index is 13.0. The number of nitrogens with one attached hydrogen (secondary N) is 2. The molecule has 35 heavy (non-hydrogen) atoms. The number of thiazole rings is 1. The predicted molar refractivity (Wildman–Crippen MR) is 143 cm³/mol. The highest BCUT2D eigenvalue weighted by molar-refractivity contribution is 7.89. The second-order valence-electron chi connectivity index (χ2n) is 7.19. The summed E-state index contributed by atoms with van der Waals surface area (Å²) < 4.78 is 29.0. The fraction of sp³-hybridized carbons (Fsp3) is 0.182. The van der Waals surface area contributed by atoms with Crippen LogP contribution in [-0.2, 0) is 10.0 Å². The van der Waals surface area contributed by atoms with Gasteiger partial charge in [-0.25, -0.2) is 18.5 Å². The molecule has 0 atom stereocenters. The predicted octanol–water partition coefficient (Wildman–Crippen LogP) is 5.37. The fourth-order valence-corrected chi connectivity index (χ4v) is 6.02. The van der Waals surface area contributed by atoms with Crippen LogP contribution in [-0.4, -0.2) is 51.9 Å². The highest BCUT2D eigenvalue weighted by atomic mass is 35.5. The molecule has 0 bridgehead atoms. The van der Waals surface area contributed by atoms with Gasteiger partial charge in [-0.3, -0.25) is 0 Å². The largest absolute Gasteiger partial charge is 0.331 e. The molecule has 0 amide bonds. The number of sulfonamides is 1. The Kier molecular flexibility index (Phi) is 7.77. The van der Waals surface area contributed by atoms with Gasteiger partial charge in [0.25, 0.3) is 0 Å².